The second kappa shape index (κ2) is 5.89. The van der Waals surface area contributed by atoms with Gasteiger partial charge in [-0.3, -0.25) is 0 Å². The number of carbonyl (C=O) groups is 1. The summed E-state index contributed by atoms with van der Waals surface area (Å²) in [4.78, 5) is 14.2. The van der Waals surface area contributed by atoms with Crippen molar-refractivity contribution in [2.24, 2.45) is 0 Å². The van der Waals surface area contributed by atoms with Crippen LogP contribution in [0.4, 0.5) is 4.79 Å². The normalized spacial score (nSPS) is 19.9. The number of hydrogen-bond acceptors (Lipinski definition) is 1. The van der Waals surface area contributed by atoms with Gasteiger partial charge in [-0.25, -0.2) is 4.79 Å². The molecule has 1 heterocycles. The Labute approximate surface area is 109 Å². The lowest BCUT2D eigenvalue weighted by Crippen LogP contribution is -2.46. The van der Waals surface area contributed by atoms with Crippen molar-refractivity contribution in [3.63, 3.8) is 0 Å². The standard InChI is InChI=1S/C15H22N2O/c1-12(2)16-15(18)17-11-7-6-10-14(17)13-8-4-3-5-9-13/h3-5,8-9,12,14H,6-7,10-11H2,1-2H3,(H,16,18). The molecular formula is C15H22N2O. The summed E-state index contributed by atoms with van der Waals surface area (Å²) in [6, 6.07) is 10.8. The smallest absolute Gasteiger partial charge is 0.318 e. The van der Waals surface area contributed by atoms with Crippen molar-refractivity contribution in [2.45, 2.75) is 45.2 Å². The third-order valence-electron chi connectivity index (χ3n) is 3.36. The van der Waals surface area contributed by atoms with Gasteiger partial charge in [0.1, 0.15) is 0 Å². The van der Waals surface area contributed by atoms with Gasteiger partial charge in [0.05, 0.1) is 6.04 Å². The van der Waals surface area contributed by atoms with E-state index in [4.69, 9.17) is 0 Å². The number of nitrogens with zero attached hydrogens (tertiary/aromatic N) is 1. The van der Waals surface area contributed by atoms with E-state index in [0.717, 1.165) is 19.4 Å². The highest BCUT2D eigenvalue weighted by Gasteiger charge is 2.27. The van der Waals surface area contributed by atoms with Gasteiger partial charge in [-0.15, -0.1) is 0 Å². The maximum absolute atomic E-state index is 12.2. The molecule has 1 aromatic carbocycles. The largest absolute Gasteiger partial charge is 0.336 e. The molecule has 3 nitrogen and oxygen atoms in total. The van der Waals surface area contributed by atoms with Crippen molar-refractivity contribution in [3.05, 3.63) is 35.9 Å². The Morgan fingerprint density at radius 2 is 2.00 bits per heavy atom. The molecule has 1 aliphatic heterocycles. The van der Waals surface area contributed by atoms with E-state index < -0.39 is 0 Å². The summed E-state index contributed by atoms with van der Waals surface area (Å²) in [5, 5.41) is 3.00. The van der Waals surface area contributed by atoms with Gasteiger partial charge in [0.15, 0.2) is 0 Å². The Bertz CT molecular complexity index is 389. The first-order chi connectivity index (χ1) is 8.68. The van der Waals surface area contributed by atoms with Crippen LogP contribution in [-0.4, -0.2) is 23.5 Å². The summed E-state index contributed by atoms with van der Waals surface area (Å²) in [5.74, 6) is 0. The lowest BCUT2D eigenvalue weighted by Gasteiger charge is -2.36. The Balaban J connectivity index is 2.13. The minimum absolute atomic E-state index is 0.0681. The van der Waals surface area contributed by atoms with E-state index in [1.54, 1.807) is 0 Å². The molecule has 0 radical (unpaired) electrons. The predicted octanol–water partition coefficient (Wildman–Crippen LogP) is 3.33. The van der Waals surface area contributed by atoms with Crippen molar-refractivity contribution in [2.75, 3.05) is 6.54 Å². The third kappa shape index (κ3) is 3.03. The van der Waals surface area contributed by atoms with Gasteiger partial charge < -0.3 is 10.2 Å². The van der Waals surface area contributed by atoms with Crippen molar-refractivity contribution < 1.29 is 4.79 Å². The average Bonchev–Trinajstić information content (AvgIpc) is 2.39. The maximum atomic E-state index is 12.2. The summed E-state index contributed by atoms with van der Waals surface area (Å²) in [6.07, 6.45) is 3.37. The van der Waals surface area contributed by atoms with Crippen molar-refractivity contribution >= 4 is 6.03 Å². The molecule has 2 rings (SSSR count). The Kier molecular flexibility index (Phi) is 4.24. The van der Waals surface area contributed by atoms with Crippen LogP contribution in [0.2, 0.25) is 0 Å². The molecule has 3 heteroatoms. The molecule has 1 fully saturated rings. The Morgan fingerprint density at radius 3 is 2.67 bits per heavy atom. The molecule has 0 aliphatic carbocycles. The van der Waals surface area contributed by atoms with Crippen LogP contribution in [0.5, 0.6) is 0 Å². The molecule has 1 atom stereocenters. The van der Waals surface area contributed by atoms with E-state index in [9.17, 15) is 4.79 Å². The van der Waals surface area contributed by atoms with E-state index in [-0.39, 0.29) is 18.1 Å². The summed E-state index contributed by atoms with van der Waals surface area (Å²) in [5.41, 5.74) is 1.25. The van der Waals surface area contributed by atoms with E-state index in [2.05, 4.69) is 17.4 Å². The monoisotopic (exact) mass is 246 g/mol. The lowest BCUT2D eigenvalue weighted by molar-refractivity contribution is 0.149. The minimum atomic E-state index is 0.0681. The van der Waals surface area contributed by atoms with E-state index in [0.29, 0.717) is 0 Å². The Hall–Kier alpha value is -1.51. The Morgan fingerprint density at radius 1 is 1.28 bits per heavy atom. The van der Waals surface area contributed by atoms with Gasteiger partial charge in [0.2, 0.25) is 0 Å². The van der Waals surface area contributed by atoms with Gasteiger partial charge in [-0.2, -0.15) is 0 Å². The highest BCUT2D eigenvalue weighted by atomic mass is 16.2. The highest BCUT2D eigenvalue weighted by molar-refractivity contribution is 5.75. The van der Waals surface area contributed by atoms with Crippen LogP contribution in [0.25, 0.3) is 0 Å². The molecule has 2 amide bonds. The topological polar surface area (TPSA) is 32.3 Å². The van der Waals surface area contributed by atoms with Gasteiger partial charge in [-0.05, 0) is 38.7 Å². The first-order valence-electron chi connectivity index (χ1n) is 6.80. The summed E-state index contributed by atoms with van der Waals surface area (Å²) in [6.45, 7) is 4.86. The predicted molar refractivity (Wildman–Crippen MR) is 73.4 cm³/mol. The van der Waals surface area contributed by atoms with Crippen molar-refractivity contribution in [3.8, 4) is 0 Å². The number of nitrogens with one attached hydrogen (secondary N) is 1. The number of amides is 2. The van der Waals surface area contributed by atoms with Gasteiger partial charge in [0.25, 0.3) is 0 Å². The summed E-state index contributed by atoms with van der Waals surface area (Å²) >= 11 is 0. The van der Waals surface area contributed by atoms with Crippen molar-refractivity contribution in [1.82, 2.24) is 10.2 Å². The number of carbonyl (C=O) groups excluding carboxylic acids is 1. The fraction of sp³-hybridized carbons (Fsp3) is 0.533. The summed E-state index contributed by atoms with van der Waals surface area (Å²) in [7, 11) is 0. The van der Waals surface area contributed by atoms with Crippen LogP contribution in [0, 0.1) is 0 Å². The van der Waals surface area contributed by atoms with E-state index in [1.165, 1.54) is 12.0 Å². The minimum Gasteiger partial charge on any atom is -0.336 e. The zero-order valence-corrected chi connectivity index (χ0v) is 11.2. The van der Waals surface area contributed by atoms with Crippen molar-refractivity contribution in [1.29, 1.82) is 0 Å². The first kappa shape index (κ1) is 12.9. The van der Waals surface area contributed by atoms with E-state index in [1.807, 2.05) is 36.9 Å². The van der Waals surface area contributed by atoms with Crippen LogP contribution in [0.15, 0.2) is 30.3 Å². The fourth-order valence-corrected chi connectivity index (χ4v) is 2.53. The average molecular weight is 246 g/mol. The van der Waals surface area contributed by atoms with Crippen LogP contribution in [0.1, 0.15) is 44.7 Å². The molecule has 0 aromatic heterocycles. The van der Waals surface area contributed by atoms with Crippen LogP contribution in [0.3, 0.4) is 0 Å². The first-order valence-corrected chi connectivity index (χ1v) is 6.80. The maximum Gasteiger partial charge on any atom is 0.318 e. The number of benzene rings is 1. The number of piperidine rings is 1. The number of hydrogen-bond donors (Lipinski definition) is 1. The fourth-order valence-electron chi connectivity index (χ4n) is 2.53. The molecular weight excluding hydrogens is 224 g/mol. The quantitative estimate of drug-likeness (QED) is 0.853. The molecule has 0 spiro atoms. The van der Waals surface area contributed by atoms with Crippen LogP contribution < -0.4 is 5.32 Å². The molecule has 1 aromatic rings. The molecule has 0 bridgehead atoms. The molecule has 1 N–H and O–H groups in total. The summed E-state index contributed by atoms with van der Waals surface area (Å²) < 4.78 is 0. The molecule has 1 aliphatic rings. The van der Waals surface area contributed by atoms with Crippen LogP contribution >= 0.6 is 0 Å². The SMILES string of the molecule is CC(C)NC(=O)N1CCCCC1c1ccccc1. The molecule has 1 unspecified atom stereocenters. The zero-order chi connectivity index (χ0) is 13.0. The van der Waals surface area contributed by atoms with Gasteiger partial charge in [-0.1, -0.05) is 30.3 Å². The molecule has 18 heavy (non-hydrogen) atoms. The number of likely N-dealkylation sites (tertiary alicyclic amines) is 1. The second-order valence-electron chi connectivity index (χ2n) is 5.22. The molecule has 0 saturated carbocycles. The number of rotatable bonds is 2. The second-order valence-corrected chi connectivity index (χ2v) is 5.22. The highest BCUT2D eigenvalue weighted by Crippen LogP contribution is 2.30. The van der Waals surface area contributed by atoms with Gasteiger partial charge in [0, 0.05) is 12.6 Å². The molecule has 98 valence electrons. The lowest BCUT2D eigenvalue weighted by atomic mass is 9.95. The van der Waals surface area contributed by atoms with E-state index >= 15 is 0 Å². The number of urea groups is 1. The van der Waals surface area contributed by atoms with Gasteiger partial charge >= 0.3 is 6.03 Å². The molecule has 1 saturated heterocycles. The third-order valence-corrected chi connectivity index (χ3v) is 3.36. The zero-order valence-electron chi connectivity index (χ0n) is 11.2. The van der Waals surface area contributed by atoms with Crippen LogP contribution in [-0.2, 0) is 0 Å².